The van der Waals surface area contributed by atoms with Crippen LogP contribution in [-0.2, 0) is 0 Å². The third-order valence-corrected chi connectivity index (χ3v) is 3.10. The summed E-state index contributed by atoms with van der Waals surface area (Å²) in [5.41, 5.74) is 1.24. The van der Waals surface area contributed by atoms with Crippen LogP contribution >= 0.6 is 0 Å². The predicted molar refractivity (Wildman–Crippen MR) is 86.0 cm³/mol. The van der Waals surface area contributed by atoms with E-state index in [1.54, 1.807) is 0 Å². The van der Waals surface area contributed by atoms with Crippen LogP contribution in [0.2, 0.25) is 0 Å². The summed E-state index contributed by atoms with van der Waals surface area (Å²) in [7, 11) is 0. The van der Waals surface area contributed by atoms with E-state index in [-0.39, 0.29) is 0 Å². The van der Waals surface area contributed by atoms with Crippen molar-refractivity contribution in [1.29, 1.82) is 0 Å². The van der Waals surface area contributed by atoms with Crippen LogP contribution in [0, 0.1) is 0 Å². The summed E-state index contributed by atoms with van der Waals surface area (Å²) in [4.78, 5) is 2.46. The van der Waals surface area contributed by atoms with E-state index in [0.29, 0.717) is 0 Å². The van der Waals surface area contributed by atoms with Crippen LogP contribution in [0.25, 0.3) is 0 Å². The van der Waals surface area contributed by atoms with Crippen molar-refractivity contribution in [2.75, 3.05) is 13.1 Å². The lowest BCUT2D eigenvalue weighted by atomic mass is 10.1. The van der Waals surface area contributed by atoms with Gasteiger partial charge in [-0.1, -0.05) is 72.8 Å². The summed E-state index contributed by atoms with van der Waals surface area (Å²) in [5.74, 6) is 0. The zero-order valence-corrected chi connectivity index (χ0v) is 13.7. The SMILES string of the molecule is C=C(C)N(CCCCCC)CCCCCC.CC. The molecular weight excluding hydrogens is 218 g/mol. The molecule has 0 saturated carbocycles. The summed E-state index contributed by atoms with van der Waals surface area (Å²) in [6.45, 7) is 17.2. The average Bonchev–Trinajstić information content (AvgIpc) is 2.39. The zero-order valence-electron chi connectivity index (χ0n) is 13.7. The third-order valence-electron chi connectivity index (χ3n) is 3.10. The van der Waals surface area contributed by atoms with Crippen molar-refractivity contribution >= 4 is 0 Å². The van der Waals surface area contributed by atoms with E-state index in [0.717, 1.165) is 0 Å². The number of rotatable bonds is 11. The van der Waals surface area contributed by atoms with Gasteiger partial charge in [-0.25, -0.2) is 0 Å². The molecule has 0 N–H and O–H groups in total. The molecule has 0 aromatic rings. The quantitative estimate of drug-likeness (QED) is 0.409. The van der Waals surface area contributed by atoms with Crippen molar-refractivity contribution in [1.82, 2.24) is 4.90 Å². The van der Waals surface area contributed by atoms with Crippen LogP contribution < -0.4 is 0 Å². The van der Waals surface area contributed by atoms with Gasteiger partial charge in [0.2, 0.25) is 0 Å². The fourth-order valence-electron chi connectivity index (χ4n) is 1.95. The van der Waals surface area contributed by atoms with Crippen LogP contribution in [0.1, 0.15) is 86.0 Å². The highest BCUT2D eigenvalue weighted by Gasteiger charge is 2.02. The van der Waals surface area contributed by atoms with Gasteiger partial charge in [0.15, 0.2) is 0 Å². The Balaban J connectivity index is 0. The molecule has 0 amide bonds. The van der Waals surface area contributed by atoms with Crippen molar-refractivity contribution in [3.8, 4) is 0 Å². The summed E-state index contributed by atoms with van der Waals surface area (Å²) >= 11 is 0. The maximum atomic E-state index is 4.08. The van der Waals surface area contributed by atoms with Gasteiger partial charge < -0.3 is 4.90 Å². The first-order chi connectivity index (χ1) is 8.72. The molecule has 0 fully saturated rings. The Morgan fingerprint density at radius 1 is 0.778 bits per heavy atom. The van der Waals surface area contributed by atoms with E-state index >= 15 is 0 Å². The molecule has 0 aliphatic carbocycles. The van der Waals surface area contributed by atoms with Crippen LogP contribution in [-0.4, -0.2) is 18.0 Å². The standard InChI is InChI=1S/C15H31N.C2H6/c1-5-7-9-11-13-16(15(3)4)14-12-10-8-6-2;1-2/h3,5-14H2,1-2,4H3;1-2H3. The van der Waals surface area contributed by atoms with Gasteiger partial charge in [-0.05, 0) is 19.8 Å². The molecule has 0 rings (SSSR count). The molecule has 0 aliphatic heterocycles. The fraction of sp³-hybridized carbons (Fsp3) is 0.882. The van der Waals surface area contributed by atoms with E-state index in [4.69, 9.17) is 0 Å². The molecular formula is C17H37N. The number of nitrogens with zero attached hydrogens (tertiary/aromatic N) is 1. The second kappa shape index (κ2) is 16.5. The molecule has 0 radical (unpaired) electrons. The van der Waals surface area contributed by atoms with Crippen molar-refractivity contribution in [3.63, 3.8) is 0 Å². The second-order valence-electron chi connectivity index (χ2n) is 4.84. The molecule has 0 atom stereocenters. The van der Waals surface area contributed by atoms with Gasteiger partial charge in [0, 0.05) is 18.8 Å². The van der Waals surface area contributed by atoms with Crippen molar-refractivity contribution < 1.29 is 0 Å². The van der Waals surface area contributed by atoms with Crippen molar-refractivity contribution in [3.05, 3.63) is 12.3 Å². The van der Waals surface area contributed by atoms with Gasteiger partial charge in [-0.2, -0.15) is 0 Å². The molecule has 0 aliphatic rings. The minimum Gasteiger partial charge on any atom is -0.376 e. The Hall–Kier alpha value is -0.460. The molecule has 18 heavy (non-hydrogen) atoms. The Kier molecular flexibility index (Phi) is 18.3. The van der Waals surface area contributed by atoms with E-state index < -0.39 is 0 Å². The van der Waals surface area contributed by atoms with Crippen molar-refractivity contribution in [2.45, 2.75) is 86.0 Å². The van der Waals surface area contributed by atoms with Crippen LogP contribution in [0.5, 0.6) is 0 Å². The first-order valence-corrected chi connectivity index (χ1v) is 8.12. The Morgan fingerprint density at radius 3 is 1.44 bits per heavy atom. The molecule has 0 spiro atoms. The van der Waals surface area contributed by atoms with Gasteiger partial charge in [0.05, 0.1) is 0 Å². The molecule has 0 aromatic carbocycles. The lowest BCUT2D eigenvalue weighted by Crippen LogP contribution is -2.23. The molecule has 0 heterocycles. The van der Waals surface area contributed by atoms with Gasteiger partial charge in [-0.3, -0.25) is 0 Å². The van der Waals surface area contributed by atoms with Crippen LogP contribution in [0.4, 0.5) is 0 Å². The lowest BCUT2D eigenvalue weighted by molar-refractivity contribution is 0.326. The Bertz CT molecular complexity index is 151. The third kappa shape index (κ3) is 13.6. The van der Waals surface area contributed by atoms with Gasteiger partial charge >= 0.3 is 0 Å². The molecule has 1 heteroatoms. The van der Waals surface area contributed by atoms with Gasteiger partial charge in [-0.15, -0.1) is 0 Å². The highest BCUT2D eigenvalue weighted by atomic mass is 15.1. The maximum Gasteiger partial charge on any atom is 0.0174 e. The van der Waals surface area contributed by atoms with Crippen LogP contribution in [0.3, 0.4) is 0 Å². The summed E-state index contributed by atoms with van der Waals surface area (Å²) < 4.78 is 0. The second-order valence-corrected chi connectivity index (χ2v) is 4.84. The fourth-order valence-corrected chi connectivity index (χ4v) is 1.95. The highest BCUT2D eigenvalue weighted by Crippen LogP contribution is 2.09. The monoisotopic (exact) mass is 255 g/mol. The molecule has 0 unspecified atom stereocenters. The molecule has 110 valence electrons. The predicted octanol–water partition coefficient (Wildman–Crippen LogP) is 6.01. The zero-order chi connectivity index (χ0) is 14.2. The largest absolute Gasteiger partial charge is 0.376 e. The summed E-state index contributed by atoms with van der Waals surface area (Å²) in [6.07, 6.45) is 10.8. The number of allylic oxidation sites excluding steroid dienone is 1. The van der Waals surface area contributed by atoms with Crippen LogP contribution in [0.15, 0.2) is 12.3 Å². The molecule has 0 saturated heterocycles. The maximum absolute atomic E-state index is 4.08. The lowest BCUT2D eigenvalue weighted by Gasteiger charge is -2.24. The van der Waals surface area contributed by atoms with Gasteiger partial charge in [0.25, 0.3) is 0 Å². The number of hydrogen-bond donors (Lipinski definition) is 0. The first kappa shape index (κ1) is 19.9. The molecule has 0 bridgehead atoms. The smallest absolute Gasteiger partial charge is 0.0174 e. The minimum absolute atomic E-state index is 1.21. The van der Waals surface area contributed by atoms with E-state index in [1.807, 2.05) is 13.8 Å². The van der Waals surface area contributed by atoms with E-state index in [1.165, 1.54) is 70.2 Å². The summed E-state index contributed by atoms with van der Waals surface area (Å²) in [6, 6.07) is 0. The number of hydrogen-bond acceptors (Lipinski definition) is 1. The van der Waals surface area contributed by atoms with E-state index in [9.17, 15) is 0 Å². The highest BCUT2D eigenvalue weighted by molar-refractivity contribution is 4.88. The van der Waals surface area contributed by atoms with Gasteiger partial charge in [0.1, 0.15) is 0 Å². The average molecular weight is 255 g/mol. The van der Waals surface area contributed by atoms with Crippen molar-refractivity contribution in [2.24, 2.45) is 0 Å². The molecule has 1 nitrogen and oxygen atoms in total. The topological polar surface area (TPSA) is 3.24 Å². The Morgan fingerprint density at radius 2 is 1.17 bits per heavy atom. The summed E-state index contributed by atoms with van der Waals surface area (Å²) in [5, 5.41) is 0. The van der Waals surface area contributed by atoms with E-state index in [2.05, 4.69) is 32.3 Å². The Labute approximate surface area is 117 Å². The minimum atomic E-state index is 1.21. The first-order valence-electron chi connectivity index (χ1n) is 8.12. The normalized spacial score (nSPS) is 9.61. The molecule has 0 aromatic heterocycles. The number of unbranched alkanes of at least 4 members (excludes halogenated alkanes) is 6.